The van der Waals surface area contributed by atoms with E-state index in [0.717, 1.165) is 0 Å². The minimum atomic E-state index is -1.32. The van der Waals surface area contributed by atoms with Gasteiger partial charge in [-0.05, 0) is 11.1 Å². The Bertz CT molecular complexity index is 483. The molecule has 0 aromatic heterocycles. The maximum Gasteiger partial charge on any atom is 0.189 e. The predicted octanol–water partition coefficient (Wildman–Crippen LogP) is 2.77. The molecule has 1 N–H and O–H groups in total. The molecule has 2 aromatic rings. The molecule has 0 saturated heterocycles. The predicted molar refractivity (Wildman–Crippen MR) is 74.5 cm³/mol. The minimum absolute atomic E-state index is 0.0515. The zero-order valence-corrected chi connectivity index (χ0v) is 10.7. The van der Waals surface area contributed by atoms with E-state index in [0.29, 0.717) is 11.1 Å². The van der Waals surface area contributed by atoms with Crippen molar-refractivity contribution >= 4 is 17.7 Å². The molecule has 0 aliphatic carbocycles. The van der Waals surface area contributed by atoms with Gasteiger partial charge in [0.25, 0.3) is 0 Å². The number of carbonyl (C=O) groups excluding carboxylic acids is 1. The number of hydrogen-bond donors (Lipinski definition) is 2. The topological polar surface area (TPSA) is 37.3 Å². The van der Waals surface area contributed by atoms with Crippen molar-refractivity contribution in [3.8, 4) is 0 Å². The molecule has 0 amide bonds. The Kier molecular flexibility index (Phi) is 3.84. The highest BCUT2D eigenvalue weighted by Gasteiger charge is 2.32. The molecule has 0 bridgehead atoms. The Morgan fingerprint density at radius 3 is 1.67 bits per heavy atom. The average molecular weight is 258 g/mol. The molecule has 92 valence electrons. The number of hydrogen-bond acceptors (Lipinski definition) is 2. The maximum absolute atomic E-state index is 11.3. The lowest BCUT2D eigenvalue weighted by Crippen LogP contribution is -2.29. The van der Waals surface area contributed by atoms with Gasteiger partial charge in [0, 0.05) is 0 Å². The fourth-order valence-electron chi connectivity index (χ4n) is 2.02. The lowest BCUT2D eigenvalue weighted by Gasteiger charge is -2.28. The van der Waals surface area contributed by atoms with E-state index in [1.165, 1.54) is 0 Å². The average Bonchev–Trinajstić information content (AvgIpc) is 2.40. The molecule has 0 aliphatic heterocycles. The summed E-state index contributed by atoms with van der Waals surface area (Å²) in [6, 6.07) is 18.3. The van der Waals surface area contributed by atoms with Crippen molar-refractivity contribution in [1.82, 2.24) is 0 Å². The molecule has 0 atom stereocenters. The third-order valence-electron chi connectivity index (χ3n) is 2.91. The van der Waals surface area contributed by atoms with Gasteiger partial charge in [0.15, 0.2) is 5.12 Å². The first kappa shape index (κ1) is 12.9. The summed E-state index contributed by atoms with van der Waals surface area (Å²) in [5.41, 5.74) is 0.0682. The highest BCUT2D eigenvalue weighted by molar-refractivity contribution is 7.96. The van der Waals surface area contributed by atoms with E-state index < -0.39 is 5.60 Å². The summed E-state index contributed by atoms with van der Waals surface area (Å²) in [4.78, 5) is 11.3. The monoisotopic (exact) mass is 258 g/mol. The van der Waals surface area contributed by atoms with Crippen LogP contribution in [0, 0.1) is 0 Å². The van der Waals surface area contributed by atoms with E-state index >= 15 is 0 Å². The lowest BCUT2D eigenvalue weighted by atomic mass is 9.84. The van der Waals surface area contributed by atoms with Gasteiger partial charge < -0.3 is 5.11 Å². The molecule has 0 unspecified atom stereocenters. The van der Waals surface area contributed by atoms with Gasteiger partial charge in [-0.1, -0.05) is 60.7 Å². The molecule has 0 heterocycles. The van der Waals surface area contributed by atoms with E-state index in [2.05, 4.69) is 12.6 Å². The smallest absolute Gasteiger partial charge is 0.189 e. The van der Waals surface area contributed by atoms with Crippen LogP contribution in [0.1, 0.15) is 17.5 Å². The van der Waals surface area contributed by atoms with Crippen LogP contribution in [0.25, 0.3) is 0 Å². The Labute approximate surface area is 112 Å². The second-order valence-electron chi connectivity index (χ2n) is 4.16. The largest absolute Gasteiger partial charge is 0.380 e. The molecule has 2 nitrogen and oxygen atoms in total. The Morgan fingerprint density at radius 1 is 0.944 bits per heavy atom. The Morgan fingerprint density at radius 2 is 1.33 bits per heavy atom. The molecule has 18 heavy (non-hydrogen) atoms. The van der Waals surface area contributed by atoms with E-state index in [4.69, 9.17) is 0 Å². The summed E-state index contributed by atoms with van der Waals surface area (Å²) in [5.74, 6) is 0. The van der Waals surface area contributed by atoms with Crippen molar-refractivity contribution in [2.75, 3.05) is 0 Å². The zero-order valence-electron chi connectivity index (χ0n) is 9.78. The highest BCUT2D eigenvalue weighted by Crippen LogP contribution is 2.33. The first-order valence-electron chi connectivity index (χ1n) is 5.68. The number of aliphatic hydroxyl groups is 1. The van der Waals surface area contributed by atoms with Crippen LogP contribution in [0.3, 0.4) is 0 Å². The Hall–Kier alpha value is -1.58. The van der Waals surface area contributed by atoms with Gasteiger partial charge in [-0.2, -0.15) is 0 Å². The molecule has 0 spiro atoms. The zero-order chi connectivity index (χ0) is 13.0. The second-order valence-corrected chi connectivity index (χ2v) is 4.66. The van der Waals surface area contributed by atoms with Crippen LogP contribution in [0.4, 0.5) is 0 Å². The van der Waals surface area contributed by atoms with Crippen LogP contribution in [-0.2, 0) is 10.4 Å². The highest BCUT2D eigenvalue weighted by atomic mass is 32.1. The van der Waals surface area contributed by atoms with E-state index in [1.54, 1.807) is 0 Å². The van der Waals surface area contributed by atoms with Crippen molar-refractivity contribution in [2.45, 2.75) is 12.0 Å². The first-order chi connectivity index (χ1) is 8.63. The molecule has 0 aliphatic rings. The van der Waals surface area contributed by atoms with Crippen LogP contribution in [0.5, 0.6) is 0 Å². The van der Waals surface area contributed by atoms with Crippen molar-refractivity contribution in [2.24, 2.45) is 0 Å². The summed E-state index contributed by atoms with van der Waals surface area (Å²) in [6.45, 7) is 0. The second kappa shape index (κ2) is 5.38. The lowest BCUT2D eigenvalue weighted by molar-refractivity contribution is -0.114. The quantitative estimate of drug-likeness (QED) is 0.827. The fraction of sp³-hybridized carbons (Fsp3) is 0.133. The summed E-state index contributed by atoms with van der Waals surface area (Å²) in [7, 11) is 0. The molecule has 0 saturated carbocycles. The van der Waals surface area contributed by atoms with Gasteiger partial charge in [0.2, 0.25) is 0 Å². The van der Waals surface area contributed by atoms with Gasteiger partial charge >= 0.3 is 0 Å². The normalized spacial score (nSPS) is 11.2. The third kappa shape index (κ3) is 2.63. The minimum Gasteiger partial charge on any atom is -0.380 e. The number of carbonyl (C=O) groups is 1. The van der Waals surface area contributed by atoms with Crippen molar-refractivity contribution in [1.29, 1.82) is 0 Å². The molecule has 0 radical (unpaired) electrons. The summed E-state index contributed by atoms with van der Waals surface area (Å²) >= 11 is 3.79. The first-order valence-corrected chi connectivity index (χ1v) is 6.13. The van der Waals surface area contributed by atoms with Crippen LogP contribution in [0.2, 0.25) is 0 Å². The SMILES string of the molecule is O=C(S)CC(O)(c1ccccc1)c1ccccc1. The van der Waals surface area contributed by atoms with Crippen molar-refractivity contribution < 1.29 is 9.90 Å². The van der Waals surface area contributed by atoms with Gasteiger partial charge in [-0.25, -0.2) is 0 Å². The molecule has 3 heteroatoms. The summed E-state index contributed by atoms with van der Waals surface area (Å²) in [5, 5.41) is 10.5. The molecule has 0 fully saturated rings. The number of thiol groups is 1. The van der Waals surface area contributed by atoms with Gasteiger partial charge in [-0.3, -0.25) is 4.79 Å². The van der Waals surface area contributed by atoms with Crippen molar-refractivity contribution in [3.05, 3.63) is 71.8 Å². The van der Waals surface area contributed by atoms with Crippen LogP contribution in [-0.4, -0.2) is 10.2 Å². The van der Waals surface area contributed by atoms with Gasteiger partial charge in [-0.15, -0.1) is 12.6 Å². The molecule has 2 aromatic carbocycles. The van der Waals surface area contributed by atoms with Crippen molar-refractivity contribution in [3.63, 3.8) is 0 Å². The molecular formula is C15H14O2S. The Balaban J connectivity index is 2.51. The summed E-state index contributed by atoms with van der Waals surface area (Å²) < 4.78 is 0. The van der Waals surface area contributed by atoms with E-state index in [9.17, 15) is 9.90 Å². The van der Waals surface area contributed by atoms with E-state index in [-0.39, 0.29) is 11.5 Å². The van der Waals surface area contributed by atoms with Crippen LogP contribution >= 0.6 is 12.6 Å². The van der Waals surface area contributed by atoms with Crippen LogP contribution < -0.4 is 0 Å². The summed E-state index contributed by atoms with van der Waals surface area (Å²) in [6.07, 6.45) is -0.0515. The molecular weight excluding hydrogens is 244 g/mol. The molecule has 2 rings (SSSR count). The number of rotatable bonds is 4. The van der Waals surface area contributed by atoms with Crippen LogP contribution in [0.15, 0.2) is 60.7 Å². The standard InChI is InChI=1S/C15H14O2S/c16-14(18)11-15(17,12-7-3-1-4-8-12)13-9-5-2-6-10-13/h1-10,17H,11H2,(H,16,18). The fourth-order valence-corrected chi connectivity index (χ4v) is 2.25. The number of benzene rings is 2. The van der Waals surface area contributed by atoms with Gasteiger partial charge in [0.1, 0.15) is 5.60 Å². The third-order valence-corrected chi connectivity index (χ3v) is 3.07. The maximum atomic E-state index is 11.3. The van der Waals surface area contributed by atoms with E-state index in [1.807, 2.05) is 60.7 Å². The van der Waals surface area contributed by atoms with Gasteiger partial charge in [0.05, 0.1) is 6.42 Å².